The van der Waals surface area contributed by atoms with Gasteiger partial charge in [-0.05, 0) is 23.6 Å². The third kappa shape index (κ3) is 2.50. The van der Waals surface area contributed by atoms with Crippen LogP contribution in [0.1, 0.15) is 21.5 Å². The van der Waals surface area contributed by atoms with Gasteiger partial charge in [0.2, 0.25) is 0 Å². The van der Waals surface area contributed by atoms with E-state index in [0.29, 0.717) is 5.56 Å². The Labute approximate surface area is 88.6 Å². The number of rotatable bonds is 3. The molecule has 0 spiro atoms. The van der Waals surface area contributed by atoms with E-state index in [9.17, 15) is 4.79 Å². The topological polar surface area (TPSA) is 30.0 Å². The van der Waals surface area contributed by atoms with Crippen molar-refractivity contribution in [3.63, 3.8) is 0 Å². The maximum absolute atomic E-state index is 10.6. The van der Waals surface area contributed by atoms with Gasteiger partial charge in [0.05, 0.1) is 0 Å². The van der Waals surface area contributed by atoms with E-state index in [-0.39, 0.29) is 0 Å². The molecule has 0 saturated carbocycles. The molecule has 0 unspecified atom stereocenters. The number of benzene rings is 1. The average Bonchev–Trinajstić information content (AvgIpc) is 2.31. The van der Waals surface area contributed by atoms with Crippen LogP contribution in [0.3, 0.4) is 0 Å². The summed E-state index contributed by atoms with van der Waals surface area (Å²) in [5.74, 6) is 0. The molecule has 74 valence electrons. The summed E-state index contributed by atoms with van der Waals surface area (Å²) < 4.78 is 0. The maximum atomic E-state index is 10.6. The first-order chi connectivity index (χ1) is 7.38. The van der Waals surface area contributed by atoms with Crippen LogP contribution < -0.4 is 0 Å². The number of carbonyl (C=O) groups excluding carboxylic acids is 1. The standard InChI is InChI=1S/C13H11NO/c15-10-13-7-12(8-14-9-13)6-11-4-2-1-3-5-11/h1-5,7-10H,6H2. The van der Waals surface area contributed by atoms with Crippen molar-refractivity contribution in [2.24, 2.45) is 0 Å². The third-order valence-electron chi connectivity index (χ3n) is 2.20. The Bertz CT molecular complexity index is 451. The number of aromatic nitrogens is 1. The van der Waals surface area contributed by atoms with Crippen LogP contribution >= 0.6 is 0 Å². The molecule has 15 heavy (non-hydrogen) atoms. The highest BCUT2D eigenvalue weighted by atomic mass is 16.1. The molecule has 0 fully saturated rings. The zero-order valence-corrected chi connectivity index (χ0v) is 8.26. The van der Waals surface area contributed by atoms with Crippen LogP contribution in [0.4, 0.5) is 0 Å². The zero-order chi connectivity index (χ0) is 10.5. The molecule has 0 aliphatic rings. The van der Waals surface area contributed by atoms with Crippen LogP contribution in [0.25, 0.3) is 0 Å². The highest BCUT2D eigenvalue weighted by Crippen LogP contribution is 2.08. The second-order valence-electron chi connectivity index (χ2n) is 3.41. The summed E-state index contributed by atoms with van der Waals surface area (Å²) in [5, 5.41) is 0. The van der Waals surface area contributed by atoms with Gasteiger partial charge in [-0.3, -0.25) is 9.78 Å². The van der Waals surface area contributed by atoms with Gasteiger partial charge in [-0.1, -0.05) is 30.3 Å². The number of nitrogens with zero attached hydrogens (tertiary/aromatic N) is 1. The highest BCUT2D eigenvalue weighted by Gasteiger charge is 1.97. The van der Waals surface area contributed by atoms with Crippen LogP contribution in [0.15, 0.2) is 48.8 Å². The van der Waals surface area contributed by atoms with Crippen molar-refractivity contribution in [1.82, 2.24) is 4.98 Å². The van der Waals surface area contributed by atoms with Crippen molar-refractivity contribution >= 4 is 6.29 Å². The Balaban J connectivity index is 2.21. The van der Waals surface area contributed by atoms with Crippen LogP contribution in [-0.2, 0) is 6.42 Å². The largest absolute Gasteiger partial charge is 0.298 e. The molecule has 0 radical (unpaired) electrons. The Hall–Kier alpha value is -1.96. The van der Waals surface area contributed by atoms with Crippen molar-refractivity contribution in [2.45, 2.75) is 6.42 Å². The van der Waals surface area contributed by atoms with Gasteiger partial charge in [0.15, 0.2) is 6.29 Å². The van der Waals surface area contributed by atoms with E-state index < -0.39 is 0 Å². The van der Waals surface area contributed by atoms with E-state index in [4.69, 9.17) is 0 Å². The van der Waals surface area contributed by atoms with Gasteiger partial charge in [-0.2, -0.15) is 0 Å². The number of pyridine rings is 1. The van der Waals surface area contributed by atoms with E-state index >= 15 is 0 Å². The summed E-state index contributed by atoms with van der Waals surface area (Å²) in [6.07, 6.45) is 5.00. The number of hydrogen-bond donors (Lipinski definition) is 0. The molecule has 2 aromatic rings. The van der Waals surface area contributed by atoms with Gasteiger partial charge in [-0.15, -0.1) is 0 Å². The molecule has 0 bridgehead atoms. The van der Waals surface area contributed by atoms with Crippen molar-refractivity contribution in [3.05, 3.63) is 65.5 Å². The lowest BCUT2D eigenvalue weighted by atomic mass is 10.1. The van der Waals surface area contributed by atoms with Crippen LogP contribution in [0.2, 0.25) is 0 Å². The summed E-state index contributed by atoms with van der Waals surface area (Å²) in [7, 11) is 0. The van der Waals surface area contributed by atoms with E-state index in [1.165, 1.54) is 5.56 Å². The monoisotopic (exact) mass is 197 g/mol. The van der Waals surface area contributed by atoms with E-state index in [1.54, 1.807) is 12.4 Å². The molecular weight excluding hydrogens is 186 g/mol. The Kier molecular flexibility index (Phi) is 2.88. The van der Waals surface area contributed by atoms with E-state index in [0.717, 1.165) is 18.3 Å². The molecule has 0 aliphatic carbocycles. The predicted octanol–water partition coefficient (Wildman–Crippen LogP) is 2.48. The Morgan fingerprint density at radius 2 is 1.87 bits per heavy atom. The summed E-state index contributed by atoms with van der Waals surface area (Å²) in [5.41, 5.74) is 2.91. The first-order valence-electron chi connectivity index (χ1n) is 4.81. The molecular formula is C13H11NO. The SMILES string of the molecule is O=Cc1cncc(Cc2ccccc2)c1. The molecule has 1 aromatic heterocycles. The summed E-state index contributed by atoms with van der Waals surface area (Å²) in [6.45, 7) is 0. The second kappa shape index (κ2) is 4.51. The minimum atomic E-state index is 0.628. The molecule has 0 atom stereocenters. The van der Waals surface area contributed by atoms with Crippen LogP contribution in [0.5, 0.6) is 0 Å². The number of hydrogen-bond acceptors (Lipinski definition) is 2. The fraction of sp³-hybridized carbons (Fsp3) is 0.0769. The van der Waals surface area contributed by atoms with Crippen molar-refractivity contribution < 1.29 is 4.79 Å². The molecule has 0 aliphatic heterocycles. The maximum Gasteiger partial charge on any atom is 0.151 e. The van der Waals surface area contributed by atoms with Crippen molar-refractivity contribution in [2.75, 3.05) is 0 Å². The molecule has 1 aromatic carbocycles. The first kappa shape index (κ1) is 9.59. The summed E-state index contributed by atoms with van der Waals surface area (Å²) >= 11 is 0. The average molecular weight is 197 g/mol. The molecule has 0 saturated heterocycles. The smallest absolute Gasteiger partial charge is 0.151 e. The van der Waals surface area contributed by atoms with Crippen molar-refractivity contribution in [3.8, 4) is 0 Å². The number of carbonyl (C=O) groups is 1. The van der Waals surface area contributed by atoms with Crippen molar-refractivity contribution in [1.29, 1.82) is 0 Å². The molecule has 1 heterocycles. The highest BCUT2D eigenvalue weighted by molar-refractivity contribution is 5.74. The lowest BCUT2D eigenvalue weighted by Gasteiger charge is -2.01. The zero-order valence-electron chi connectivity index (χ0n) is 8.26. The van der Waals surface area contributed by atoms with Gasteiger partial charge in [-0.25, -0.2) is 0 Å². The van der Waals surface area contributed by atoms with Gasteiger partial charge in [0.1, 0.15) is 0 Å². The normalized spacial score (nSPS) is 9.87. The fourth-order valence-electron chi connectivity index (χ4n) is 1.50. The lowest BCUT2D eigenvalue weighted by Crippen LogP contribution is -1.91. The molecule has 0 N–H and O–H groups in total. The number of aldehydes is 1. The van der Waals surface area contributed by atoms with Crippen LogP contribution in [-0.4, -0.2) is 11.3 Å². The minimum absolute atomic E-state index is 0.628. The molecule has 2 rings (SSSR count). The Morgan fingerprint density at radius 3 is 2.60 bits per heavy atom. The molecule has 0 amide bonds. The van der Waals surface area contributed by atoms with Gasteiger partial charge >= 0.3 is 0 Å². The first-order valence-corrected chi connectivity index (χ1v) is 4.81. The minimum Gasteiger partial charge on any atom is -0.298 e. The van der Waals surface area contributed by atoms with Gasteiger partial charge < -0.3 is 0 Å². The predicted molar refractivity (Wildman–Crippen MR) is 58.9 cm³/mol. The molecule has 2 nitrogen and oxygen atoms in total. The van der Waals surface area contributed by atoms with E-state index in [1.807, 2.05) is 24.3 Å². The third-order valence-corrected chi connectivity index (χ3v) is 2.20. The second-order valence-corrected chi connectivity index (χ2v) is 3.41. The Morgan fingerprint density at radius 1 is 1.07 bits per heavy atom. The van der Waals surface area contributed by atoms with Crippen LogP contribution in [0, 0.1) is 0 Å². The van der Waals surface area contributed by atoms with Gasteiger partial charge in [0, 0.05) is 18.0 Å². The summed E-state index contributed by atoms with van der Waals surface area (Å²) in [6, 6.07) is 12.0. The lowest BCUT2D eigenvalue weighted by molar-refractivity contribution is 0.112. The summed E-state index contributed by atoms with van der Waals surface area (Å²) in [4.78, 5) is 14.6. The van der Waals surface area contributed by atoms with E-state index in [2.05, 4.69) is 17.1 Å². The quantitative estimate of drug-likeness (QED) is 0.707. The van der Waals surface area contributed by atoms with Gasteiger partial charge in [0.25, 0.3) is 0 Å². The molecule has 2 heteroatoms. The fourth-order valence-corrected chi connectivity index (χ4v) is 1.50.